The first-order chi connectivity index (χ1) is 13.2. The van der Waals surface area contributed by atoms with Crippen molar-refractivity contribution in [2.75, 3.05) is 5.32 Å². The average Bonchev–Trinajstić information content (AvgIpc) is 3.45. The standard InChI is InChI=1S/C21H18FN5/c1-27-21(13-5-6-13)16-10-14(7-8-18(16)26-27)15-11-20(24-12-17(15)22)25-19-4-2-3-9-23-19/h2-4,7-13H,5-6H2,1H3,(H,23,24,25). The molecule has 3 heterocycles. The molecule has 0 spiro atoms. The van der Waals surface area contributed by atoms with E-state index >= 15 is 0 Å². The van der Waals surface area contributed by atoms with Crippen LogP contribution in [0.5, 0.6) is 0 Å². The number of pyridine rings is 2. The van der Waals surface area contributed by atoms with E-state index in [1.807, 2.05) is 48.1 Å². The van der Waals surface area contributed by atoms with Gasteiger partial charge in [-0.05, 0) is 48.7 Å². The van der Waals surface area contributed by atoms with Gasteiger partial charge in [0.25, 0.3) is 0 Å². The van der Waals surface area contributed by atoms with E-state index in [1.165, 1.54) is 24.7 Å². The van der Waals surface area contributed by atoms with E-state index in [4.69, 9.17) is 0 Å². The van der Waals surface area contributed by atoms with Crippen LogP contribution in [0.15, 0.2) is 54.9 Å². The van der Waals surface area contributed by atoms with E-state index in [-0.39, 0.29) is 5.82 Å². The highest BCUT2D eigenvalue weighted by atomic mass is 19.1. The molecule has 6 heteroatoms. The minimum absolute atomic E-state index is 0.349. The van der Waals surface area contributed by atoms with Gasteiger partial charge in [-0.1, -0.05) is 12.1 Å². The van der Waals surface area contributed by atoms with Crippen molar-refractivity contribution in [2.24, 2.45) is 7.05 Å². The minimum Gasteiger partial charge on any atom is -0.325 e. The predicted molar refractivity (Wildman–Crippen MR) is 103 cm³/mol. The smallest absolute Gasteiger partial charge is 0.149 e. The van der Waals surface area contributed by atoms with Gasteiger partial charge in [-0.2, -0.15) is 5.10 Å². The minimum atomic E-state index is -0.349. The summed E-state index contributed by atoms with van der Waals surface area (Å²) in [6, 6.07) is 13.2. The number of hydrogen-bond acceptors (Lipinski definition) is 4. The Labute approximate surface area is 155 Å². The Morgan fingerprint density at radius 3 is 2.74 bits per heavy atom. The fraction of sp³-hybridized carbons (Fsp3) is 0.190. The first kappa shape index (κ1) is 15.9. The molecule has 1 saturated carbocycles. The van der Waals surface area contributed by atoms with Gasteiger partial charge in [0, 0.05) is 35.8 Å². The Morgan fingerprint density at radius 2 is 1.96 bits per heavy atom. The van der Waals surface area contributed by atoms with Crippen molar-refractivity contribution in [2.45, 2.75) is 18.8 Å². The number of anilines is 2. The highest BCUT2D eigenvalue weighted by Gasteiger charge is 2.29. The van der Waals surface area contributed by atoms with E-state index in [2.05, 4.69) is 20.4 Å². The third-order valence-electron chi connectivity index (χ3n) is 4.93. The van der Waals surface area contributed by atoms with Crippen LogP contribution in [0.3, 0.4) is 0 Å². The van der Waals surface area contributed by atoms with Gasteiger partial charge in [-0.3, -0.25) is 4.68 Å². The molecule has 1 N–H and O–H groups in total. The van der Waals surface area contributed by atoms with Crippen LogP contribution in [0, 0.1) is 5.82 Å². The van der Waals surface area contributed by atoms with Crippen LogP contribution >= 0.6 is 0 Å². The molecule has 5 nitrogen and oxygen atoms in total. The molecule has 0 saturated heterocycles. The molecule has 0 unspecified atom stereocenters. The second kappa shape index (κ2) is 6.16. The largest absolute Gasteiger partial charge is 0.325 e. The molecule has 0 amide bonds. The van der Waals surface area contributed by atoms with Gasteiger partial charge in [-0.15, -0.1) is 0 Å². The third-order valence-corrected chi connectivity index (χ3v) is 4.93. The molecule has 0 atom stereocenters. The van der Waals surface area contributed by atoms with Gasteiger partial charge in [0.15, 0.2) is 0 Å². The number of rotatable bonds is 4. The number of hydrogen-bond donors (Lipinski definition) is 1. The summed E-state index contributed by atoms with van der Waals surface area (Å²) in [4.78, 5) is 8.36. The Morgan fingerprint density at radius 1 is 1.07 bits per heavy atom. The van der Waals surface area contributed by atoms with Crippen LogP contribution in [-0.2, 0) is 7.05 Å². The normalized spacial score (nSPS) is 13.9. The summed E-state index contributed by atoms with van der Waals surface area (Å²) in [6.07, 6.45) is 5.33. The number of nitrogens with zero attached hydrogens (tertiary/aromatic N) is 4. The van der Waals surface area contributed by atoms with Gasteiger partial charge in [0.2, 0.25) is 0 Å². The lowest BCUT2D eigenvalue weighted by atomic mass is 10.0. The van der Waals surface area contributed by atoms with Crippen LogP contribution in [0.2, 0.25) is 0 Å². The molecule has 1 fully saturated rings. The summed E-state index contributed by atoms with van der Waals surface area (Å²) in [7, 11) is 1.98. The van der Waals surface area contributed by atoms with Crippen molar-refractivity contribution in [1.29, 1.82) is 0 Å². The van der Waals surface area contributed by atoms with Crippen LogP contribution in [0.4, 0.5) is 16.0 Å². The van der Waals surface area contributed by atoms with Crippen molar-refractivity contribution >= 4 is 22.5 Å². The topological polar surface area (TPSA) is 55.6 Å². The lowest BCUT2D eigenvalue weighted by Gasteiger charge is -2.09. The first-order valence-corrected chi connectivity index (χ1v) is 8.99. The summed E-state index contributed by atoms with van der Waals surface area (Å²) in [6.45, 7) is 0. The van der Waals surface area contributed by atoms with E-state index in [9.17, 15) is 4.39 Å². The molecule has 0 bridgehead atoms. The molecule has 1 aromatic carbocycles. The van der Waals surface area contributed by atoms with Gasteiger partial charge < -0.3 is 5.32 Å². The van der Waals surface area contributed by atoms with Crippen molar-refractivity contribution in [3.05, 3.63) is 66.4 Å². The highest BCUT2D eigenvalue weighted by Crippen LogP contribution is 2.43. The van der Waals surface area contributed by atoms with E-state index < -0.39 is 0 Å². The van der Waals surface area contributed by atoms with Gasteiger partial charge in [0.05, 0.1) is 11.7 Å². The fourth-order valence-corrected chi connectivity index (χ4v) is 3.52. The molecule has 5 rings (SSSR count). The highest BCUT2D eigenvalue weighted by molar-refractivity contribution is 5.88. The molecular weight excluding hydrogens is 341 g/mol. The Kier molecular flexibility index (Phi) is 3.63. The molecule has 27 heavy (non-hydrogen) atoms. The summed E-state index contributed by atoms with van der Waals surface area (Å²) in [5, 5.41) is 8.82. The molecule has 0 radical (unpaired) electrons. The molecule has 134 valence electrons. The van der Waals surface area contributed by atoms with Crippen LogP contribution < -0.4 is 5.32 Å². The zero-order valence-electron chi connectivity index (χ0n) is 14.9. The lowest BCUT2D eigenvalue weighted by Crippen LogP contribution is -1.97. The van der Waals surface area contributed by atoms with Crippen LogP contribution in [0.25, 0.3) is 22.0 Å². The Hall–Kier alpha value is -3.28. The van der Waals surface area contributed by atoms with Gasteiger partial charge >= 0.3 is 0 Å². The number of fused-ring (bicyclic) bond motifs is 1. The molecule has 0 aliphatic heterocycles. The molecule has 1 aliphatic rings. The Balaban J connectivity index is 1.57. The summed E-state index contributed by atoms with van der Waals surface area (Å²) < 4.78 is 16.5. The first-order valence-electron chi connectivity index (χ1n) is 8.99. The van der Waals surface area contributed by atoms with Crippen molar-refractivity contribution in [3.63, 3.8) is 0 Å². The SMILES string of the molecule is Cn1nc2ccc(-c3cc(Nc4ccccn4)ncc3F)cc2c1C1CC1. The van der Waals surface area contributed by atoms with E-state index in [0.717, 1.165) is 16.5 Å². The summed E-state index contributed by atoms with van der Waals surface area (Å²) in [5.74, 6) is 1.44. The average molecular weight is 359 g/mol. The van der Waals surface area contributed by atoms with E-state index in [0.29, 0.717) is 23.1 Å². The summed E-state index contributed by atoms with van der Waals surface area (Å²) in [5.41, 5.74) is 3.52. The second-order valence-electron chi connectivity index (χ2n) is 6.90. The molecule has 3 aromatic heterocycles. The maximum atomic E-state index is 14.5. The van der Waals surface area contributed by atoms with Gasteiger partial charge in [-0.25, -0.2) is 14.4 Å². The zero-order chi connectivity index (χ0) is 18.4. The Bertz CT molecular complexity index is 1130. The fourth-order valence-electron chi connectivity index (χ4n) is 3.52. The lowest BCUT2D eigenvalue weighted by molar-refractivity contribution is 0.625. The van der Waals surface area contributed by atoms with Crippen molar-refractivity contribution in [1.82, 2.24) is 19.7 Å². The summed E-state index contributed by atoms with van der Waals surface area (Å²) >= 11 is 0. The number of aromatic nitrogens is 4. The van der Waals surface area contributed by atoms with Crippen LogP contribution in [-0.4, -0.2) is 19.7 Å². The maximum Gasteiger partial charge on any atom is 0.149 e. The molecule has 1 aliphatic carbocycles. The predicted octanol–water partition coefficient (Wildman–Crippen LogP) is 4.79. The van der Waals surface area contributed by atoms with Crippen molar-refractivity contribution < 1.29 is 4.39 Å². The van der Waals surface area contributed by atoms with E-state index in [1.54, 1.807) is 12.3 Å². The number of aryl methyl sites for hydroxylation is 1. The maximum absolute atomic E-state index is 14.5. The number of halogens is 1. The second-order valence-corrected chi connectivity index (χ2v) is 6.90. The quantitative estimate of drug-likeness (QED) is 0.569. The third kappa shape index (κ3) is 2.93. The monoisotopic (exact) mass is 359 g/mol. The number of benzene rings is 1. The molecular formula is C21H18FN5. The van der Waals surface area contributed by atoms with Gasteiger partial charge in [0.1, 0.15) is 17.5 Å². The van der Waals surface area contributed by atoms with Crippen LogP contribution in [0.1, 0.15) is 24.5 Å². The zero-order valence-corrected chi connectivity index (χ0v) is 14.9. The molecule has 4 aromatic rings. The number of nitrogens with one attached hydrogen (secondary N) is 1. The van der Waals surface area contributed by atoms with Crippen molar-refractivity contribution in [3.8, 4) is 11.1 Å².